The third-order valence-corrected chi connectivity index (χ3v) is 6.24. The highest BCUT2D eigenvalue weighted by molar-refractivity contribution is 5.99. The molecule has 2 aromatic carbocycles. The molecule has 6 nitrogen and oxygen atoms in total. The van der Waals surface area contributed by atoms with Crippen LogP contribution in [-0.4, -0.2) is 16.9 Å². The van der Waals surface area contributed by atoms with Gasteiger partial charge in [-0.15, -0.1) is 0 Å². The lowest BCUT2D eigenvalue weighted by Gasteiger charge is -2.28. The van der Waals surface area contributed by atoms with Crippen molar-refractivity contribution in [2.75, 3.05) is 5.32 Å². The van der Waals surface area contributed by atoms with E-state index in [0.29, 0.717) is 6.10 Å². The molecule has 0 spiro atoms. The fraction of sp³-hybridized carbons (Fsp3) is 0.435. The lowest BCUT2D eigenvalue weighted by Crippen LogP contribution is -2.38. The van der Waals surface area contributed by atoms with Crippen LogP contribution in [0.4, 0.5) is 11.4 Å². The van der Waals surface area contributed by atoms with Crippen LogP contribution in [0.1, 0.15) is 56.9 Å². The number of non-ortho nitro benzene ring substituents is 1. The smallest absolute Gasteiger partial charge is 0.269 e. The van der Waals surface area contributed by atoms with Gasteiger partial charge >= 0.3 is 0 Å². The molecule has 6 heteroatoms. The van der Waals surface area contributed by atoms with E-state index in [0.717, 1.165) is 55.5 Å². The Morgan fingerprint density at radius 2 is 1.59 bits per heavy atom. The molecule has 0 radical (unpaired) electrons. The van der Waals surface area contributed by atoms with Gasteiger partial charge in [0.25, 0.3) is 5.69 Å². The van der Waals surface area contributed by atoms with Gasteiger partial charge in [-0.25, -0.2) is 0 Å². The van der Waals surface area contributed by atoms with Crippen LogP contribution in [0.2, 0.25) is 0 Å². The quantitative estimate of drug-likeness (QED) is 0.528. The maximum Gasteiger partial charge on any atom is 0.269 e. The van der Waals surface area contributed by atoms with Crippen molar-refractivity contribution in [1.29, 1.82) is 0 Å². The van der Waals surface area contributed by atoms with Crippen LogP contribution in [0.5, 0.6) is 5.75 Å². The van der Waals surface area contributed by atoms with Gasteiger partial charge in [-0.3, -0.25) is 14.9 Å². The Morgan fingerprint density at radius 3 is 2.17 bits per heavy atom. The van der Waals surface area contributed by atoms with Crippen molar-refractivity contribution in [3.05, 3.63) is 64.2 Å². The molecule has 2 fully saturated rings. The molecule has 2 saturated carbocycles. The molecule has 0 heterocycles. The topological polar surface area (TPSA) is 81.5 Å². The van der Waals surface area contributed by atoms with Gasteiger partial charge in [0.1, 0.15) is 5.75 Å². The first-order chi connectivity index (χ1) is 14.1. The van der Waals surface area contributed by atoms with Crippen molar-refractivity contribution in [3.8, 4) is 5.75 Å². The maximum absolute atomic E-state index is 13.2. The number of rotatable bonds is 6. The summed E-state index contributed by atoms with van der Waals surface area (Å²) in [5, 5.41) is 14.0. The zero-order chi connectivity index (χ0) is 20.3. The van der Waals surface area contributed by atoms with Crippen molar-refractivity contribution >= 4 is 17.3 Å². The van der Waals surface area contributed by atoms with Crippen LogP contribution < -0.4 is 10.1 Å². The molecule has 0 saturated heterocycles. The summed E-state index contributed by atoms with van der Waals surface area (Å²) in [5.74, 6) is 0.786. The van der Waals surface area contributed by atoms with Crippen LogP contribution in [0, 0.1) is 10.1 Å². The molecule has 29 heavy (non-hydrogen) atoms. The predicted molar refractivity (Wildman–Crippen MR) is 111 cm³/mol. The van der Waals surface area contributed by atoms with Crippen LogP contribution in [0.15, 0.2) is 48.5 Å². The molecule has 2 aliphatic rings. The number of nitro groups is 1. The van der Waals surface area contributed by atoms with Crippen LogP contribution in [0.3, 0.4) is 0 Å². The highest BCUT2D eigenvalue weighted by Gasteiger charge is 2.42. The number of ether oxygens (including phenoxy) is 1. The van der Waals surface area contributed by atoms with E-state index >= 15 is 0 Å². The highest BCUT2D eigenvalue weighted by Crippen LogP contribution is 2.42. The second-order valence-electron chi connectivity index (χ2n) is 8.10. The number of carbonyl (C=O) groups excluding carboxylic acids is 1. The Balaban J connectivity index is 1.48. The average molecular weight is 394 g/mol. The molecule has 152 valence electrons. The van der Waals surface area contributed by atoms with Gasteiger partial charge in [-0.05, 0) is 68.4 Å². The van der Waals surface area contributed by atoms with E-state index < -0.39 is 10.3 Å². The molecule has 0 bridgehead atoms. The monoisotopic (exact) mass is 394 g/mol. The summed E-state index contributed by atoms with van der Waals surface area (Å²) >= 11 is 0. The van der Waals surface area contributed by atoms with Gasteiger partial charge in [0.15, 0.2) is 0 Å². The first-order valence-corrected chi connectivity index (χ1v) is 10.4. The van der Waals surface area contributed by atoms with Crippen LogP contribution >= 0.6 is 0 Å². The number of amides is 1. The second kappa shape index (κ2) is 8.23. The zero-order valence-corrected chi connectivity index (χ0v) is 16.4. The lowest BCUT2D eigenvalue weighted by molar-refractivity contribution is -0.384. The third kappa shape index (κ3) is 4.11. The summed E-state index contributed by atoms with van der Waals surface area (Å²) in [6.45, 7) is 0. The van der Waals surface area contributed by atoms with Crippen molar-refractivity contribution in [3.63, 3.8) is 0 Å². The fourth-order valence-electron chi connectivity index (χ4n) is 4.59. The summed E-state index contributed by atoms with van der Waals surface area (Å²) < 4.78 is 5.99. The molecule has 0 unspecified atom stereocenters. The Bertz CT molecular complexity index is 865. The molecule has 0 aromatic heterocycles. The molecule has 4 rings (SSSR count). The van der Waals surface area contributed by atoms with Crippen molar-refractivity contribution < 1.29 is 14.5 Å². The highest BCUT2D eigenvalue weighted by atomic mass is 16.6. The number of hydrogen-bond acceptors (Lipinski definition) is 4. The number of carbonyl (C=O) groups is 1. The van der Waals surface area contributed by atoms with Gasteiger partial charge in [0, 0.05) is 17.8 Å². The first-order valence-electron chi connectivity index (χ1n) is 10.4. The van der Waals surface area contributed by atoms with E-state index in [4.69, 9.17) is 4.74 Å². The van der Waals surface area contributed by atoms with Crippen LogP contribution in [0.25, 0.3) is 0 Å². The van der Waals surface area contributed by atoms with Crippen LogP contribution in [-0.2, 0) is 10.2 Å². The first kappa shape index (κ1) is 19.4. The number of nitrogens with zero attached hydrogens (tertiary/aromatic N) is 1. The number of anilines is 1. The Labute approximate surface area is 170 Å². The average Bonchev–Trinajstić information content (AvgIpc) is 3.42. The van der Waals surface area contributed by atoms with E-state index in [1.54, 1.807) is 12.1 Å². The SMILES string of the molecule is O=C(Nc1ccc(OC2CCCC2)cc1)C1(c2ccc([N+](=O)[O-])cc2)CCCC1. The summed E-state index contributed by atoms with van der Waals surface area (Å²) in [7, 11) is 0. The molecule has 1 N–H and O–H groups in total. The van der Waals surface area contributed by atoms with Crippen molar-refractivity contribution in [2.24, 2.45) is 0 Å². The number of hydrogen-bond donors (Lipinski definition) is 1. The summed E-state index contributed by atoms with van der Waals surface area (Å²) in [6, 6.07) is 14.0. The Kier molecular flexibility index (Phi) is 5.51. The molecule has 2 aliphatic carbocycles. The zero-order valence-electron chi connectivity index (χ0n) is 16.4. The minimum absolute atomic E-state index is 0.0418. The Hall–Kier alpha value is -2.89. The number of nitro benzene ring substituents is 1. The van der Waals surface area contributed by atoms with Crippen molar-refractivity contribution in [1.82, 2.24) is 0 Å². The molecule has 0 aliphatic heterocycles. The fourth-order valence-corrected chi connectivity index (χ4v) is 4.59. The van der Waals surface area contributed by atoms with E-state index in [-0.39, 0.29) is 11.6 Å². The summed E-state index contributed by atoms with van der Waals surface area (Å²) in [5.41, 5.74) is 0.995. The molecular weight excluding hydrogens is 368 g/mol. The van der Waals surface area contributed by atoms with Gasteiger partial charge < -0.3 is 10.1 Å². The minimum Gasteiger partial charge on any atom is -0.490 e. The minimum atomic E-state index is -0.631. The normalized spacial score (nSPS) is 18.5. The Morgan fingerprint density at radius 1 is 0.966 bits per heavy atom. The largest absolute Gasteiger partial charge is 0.490 e. The molecular formula is C23H26N2O4. The molecule has 1 amide bonds. The van der Waals surface area contributed by atoms with Gasteiger partial charge in [0.2, 0.25) is 5.91 Å². The molecule has 0 atom stereocenters. The number of benzene rings is 2. The van der Waals surface area contributed by atoms with Crippen molar-refractivity contribution in [2.45, 2.75) is 62.9 Å². The van der Waals surface area contributed by atoms with Gasteiger partial charge in [0.05, 0.1) is 16.4 Å². The summed E-state index contributed by atoms with van der Waals surface area (Å²) in [6.07, 6.45) is 8.41. The summed E-state index contributed by atoms with van der Waals surface area (Å²) in [4.78, 5) is 23.8. The predicted octanol–water partition coefficient (Wildman–Crippen LogP) is 5.37. The number of nitrogens with one attached hydrogen (secondary N) is 1. The van der Waals surface area contributed by atoms with E-state index in [1.807, 2.05) is 24.3 Å². The van der Waals surface area contributed by atoms with E-state index in [1.165, 1.54) is 25.0 Å². The second-order valence-corrected chi connectivity index (χ2v) is 8.10. The standard InChI is InChI=1S/C23H26N2O4/c26-22(24-18-9-13-21(14-10-18)29-20-5-1-2-6-20)23(15-3-4-16-23)17-7-11-19(12-8-17)25(27)28/h7-14,20H,1-6,15-16H2,(H,24,26). The van der Waals surface area contributed by atoms with E-state index in [2.05, 4.69) is 5.32 Å². The maximum atomic E-state index is 13.2. The third-order valence-electron chi connectivity index (χ3n) is 6.24. The van der Waals surface area contributed by atoms with Gasteiger partial charge in [-0.1, -0.05) is 25.0 Å². The lowest BCUT2D eigenvalue weighted by atomic mass is 9.78. The van der Waals surface area contributed by atoms with Gasteiger partial charge in [-0.2, -0.15) is 0 Å². The molecule has 2 aromatic rings. The van der Waals surface area contributed by atoms with E-state index in [9.17, 15) is 14.9 Å².